The number of thioether (sulfide) groups is 1. The van der Waals surface area contributed by atoms with Crippen molar-refractivity contribution in [3.8, 4) is 21.7 Å². The van der Waals surface area contributed by atoms with E-state index in [1.807, 2.05) is 0 Å². The Morgan fingerprint density at radius 1 is 1.03 bits per heavy atom. The van der Waals surface area contributed by atoms with E-state index < -0.39 is 0 Å². The molecule has 0 spiro atoms. The molecule has 0 unspecified atom stereocenters. The number of amides is 1. The van der Waals surface area contributed by atoms with Gasteiger partial charge in [-0.2, -0.15) is 0 Å². The van der Waals surface area contributed by atoms with Crippen LogP contribution >= 0.6 is 23.1 Å². The fraction of sp³-hybridized carbons (Fsp3) is 0.167. The molecule has 5 rings (SSSR count). The number of carbonyl (C=O) groups is 1. The van der Waals surface area contributed by atoms with E-state index in [9.17, 15) is 4.79 Å². The summed E-state index contributed by atoms with van der Waals surface area (Å²) < 4.78 is 0. The summed E-state index contributed by atoms with van der Waals surface area (Å²) in [6, 6.07) is 21.2. The van der Waals surface area contributed by atoms with Crippen molar-refractivity contribution in [3.63, 3.8) is 0 Å². The predicted molar refractivity (Wildman–Crippen MR) is 124 cm³/mol. The van der Waals surface area contributed by atoms with E-state index in [1.165, 1.54) is 32.4 Å². The standard InChI is InChI=1S/C24H20N2OS2/c1-15-10-12-17(13-11-15)28-14-4-9-20(27)25-24-26-22-18-7-2-5-16-6-3-8-19(21(16)18)23(22)29-24/h2-3,5-8,10-13H,4,9,14H2,1H3,(H,25,26,27). The molecule has 0 bridgehead atoms. The van der Waals surface area contributed by atoms with Crippen molar-refractivity contribution in [1.29, 1.82) is 0 Å². The number of thiazole rings is 1. The molecular weight excluding hydrogens is 396 g/mol. The molecule has 3 nitrogen and oxygen atoms in total. The van der Waals surface area contributed by atoms with Gasteiger partial charge in [-0.15, -0.1) is 11.8 Å². The minimum absolute atomic E-state index is 0.0356. The second-order valence-corrected chi connectivity index (χ2v) is 9.39. The zero-order valence-electron chi connectivity index (χ0n) is 16.1. The van der Waals surface area contributed by atoms with E-state index in [0.29, 0.717) is 11.6 Å². The van der Waals surface area contributed by atoms with Gasteiger partial charge in [0.15, 0.2) is 5.13 Å². The average molecular weight is 417 g/mol. The molecule has 144 valence electrons. The maximum Gasteiger partial charge on any atom is 0.226 e. The molecule has 0 aliphatic heterocycles. The number of carbonyl (C=O) groups excluding carboxylic acids is 1. The molecule has 1 aromatic heterocycles. The molecule has 1 N–H and O–H groups in total. The fourth-order valence-corrected chi connectivity index (χ4v) is 5.59. The highest BCUT2D eigenvalue weighted by molar-refractivity contribution is 7.99. The molecule has 0 atom stereocenters. The summed E-state index contributed by atoms with van der Waals surface area (Å²) in [5, 5.41) is 6.20. The molecule has 1 amide bonds. The lowest BCUT2D eigenvalue weighted by atomic mass is 10.0. The van der Waals surface area contributed by atoms with Gasteiger partial charge in [0, 0.05) is 22.4 Å². The highest BCUT2D eigenvalue weighted by atomic mass is 32.2. The van der Waals surface area contributed by atoms with Gasteiger partial charge in [-0.05, 0) is 42.0 Å². The van der Waals surface area contributed by atoms with Gasteiger partial charge < -0.3 is 5.32 Å². The number of aryl methyl sites for hydroxylation is 1. The third-order valence-corrected chi connectivity index (χ3v) is 7.22. The highest BCUT2D eigenvalue weighted by Crippen LogP contribution is 2.50. The van der Waals surface area contributed by atoms with Crippen LogP contribution < -0.4 is 5.32 Å². The first-order valence-electron chi connectivity index (χ1n) is 9.72. The van der Waals surface area contributed by atoms with Crippen molar-refractivity contribution in [2.24, 2.45) is 0 Å². The zero-order valence-corrected chi connectivity index (χ0v) is 17.7. The van der Waals surface area contributed by atoms with Gasteiger partial charge in [-0.1, -0.05) is 65.4 Å². The first-order chi connectivity index (χ1) is 14.2. The SMILES string of the molecule is Cc1ccc(SCCCC(=O)Nc2nc3c(s2)-c2cccc4cccc-3c24)cc1. The summed E-state index contributed by atoms with van der Waals surface area (Å²) in [5.74, 6) is 0.966. The summed E-state index contributed by atoms with van der Waals surface area (Å²) >= 11 is 3.36. The number of fused-ring (bicyclic) bond motifs is 3. The van der Waals surface area contributed by atoms with E-state index in [1.54, 1.807) is 23.1 Å². The van der Waals surface area contributed by atoms with Crippen LogP contribution in [0.25, 0.3) is 32.5 Å². The molecule has 4 aromatic rings. The smallest absolute Gasteiger partial charge is 0.226 e. The van der Waals surface area contributed by atoms with E-state index in [-0.39, 0.29) is 5.91 Å². The average Bonchev–Trinajstić information content (AvgIpc) is 3.26. The Morgan fingerprint density at radius 3 is 2.59 bits per heavy atom. The monoisotopic (exact) mass is 416 g/mol. The highest BCUT2D eigenvalue weighted by Gasteiger charge is 2.25. The first-order valence-corrected chi connectivity index (χ1v) is 11.5. The Morgan fingerprint density at radius 2 is 1.79 bits per heavy atom. The Bertz CT molecular complexity index is 1160. The number of aromatic nitrogens is 1. The van der Waals surface area contributed by atoms with E-state index in [2.05, 4.69) is 72.9 Å². The molecule has 0 saturated heterocycles. The van der Waals surface area contributed by atoms with Crippen molar-refractivity contribution < 1.29 is 4.79 Å². The molecule has 5 heteroatoms. The van der Waals surface area contributed by atoms with Crippen LogP contribution in [0.2, 0.25) is 0 Å². The van der Waals surface area contributed by atoms with Crippen LogP contribution in [0.4, 0.5) is 5.13 Å². The third-order valence-electron chi connectivity index (χ3n) is 5.12. The molecule has 29 heavy (non-hydrogen) atoms. The Balaban J connectivity index is 1.21. The molecule has 1 aliphatic rings. The second kappa shape index (κ2) is 7.65. The summed E-state index contributed by atoms with van der Waals surface area (Å²) in [6.45, 7) is 2.09. The zero-order chi connectivity index (χ0) is 19.8. The molecule has 0 radical (unpaired) electrons. The summed E-state index contributed by atoms with van der Waals surface area (Å²) in [4.78, 5) is 19.5. The van der Waals surface area contributed by atoms with Gasteiger partial charge in [0.2, 0.25) is 5.91 Å². The second-order valence-electron chi connectivity index (χ2n) is 7.22. The van der Waals surface area contributed by atoms with Gasteiger partial charge in [0.05, 0.1) is 10.6 Å². The van der Waals surface area contributed by atoms with Crippen LogP contribution in [0.5, 0.6) is 0 Å². The van der Waals surface area contributed by atoms with Crippen LogP contribution in [0.3, 0.4) is 0 Å². The van der Waals surface area contributed by atoms with E-state index in [4.69, 9.17) is 4.98 Å². The lowest BCUT2D eigenvalue weighted by molar-refractivity contribution is -0.116. The van der Waals surface area contributed by atoms with Crippen molar-refractivity contribution in [1.82, 2.24) is 4.98 Å². The normalized spacial score (nSPS) is 11.6. The molecule has 0 saturated carbocycles. The lowest BCUT2D eigenvalue weighted by Crippen LogP contribution is -2.11. The summed E-state index contributed by atoms with van der Waals surface area (Å²) in [5.41, 5.74) is 4.65. The minimum atomic E-state index is 0.0356. The predicted octanol–water partition coefficient (Wildman–Crippen LogP) is 6.76. The minimum Gasteiger partial charge on any atom is -0.302 e. The summed E-state index contributed by atoms with van der Waals surface area (Å²) in [7, 11) is 0. The van der Waals surface area contributed by atoms with Crippen molar-refractivity contribution in [3.05, 3.63) is 66.2 Å². The molecule has 1 heterocycles. The molecule has 0 fully saturated rings. The van der Waals surface area contributed by atoms with Crippen molar-refractivity contribution in [2.45, 2.75) is 24.7 Å². The number of nitrogens with zero attached hydrogens (tertiary/aromatic N) is 1. The Hall–Kier alpha value is -2.63. The van der Waals surface area contributed by atoms with Crippen molar-refractivity contribution >= 4 is 44.9 Å². The fourth-order valence-electron chi connectivity index (χ4n) is 3.71. The van der Waals surface area contributed by atoms with Crippen molar-refractivity contribution in [2.75, 3.05) is 11.1 Å². The number of benzene rings is 3. The van der Waals surface area contributed by atoms with Gasteiger partial charge in [-0.25, -0.2) is 4.98 Å². The summed E-state index contributed by atoms with van der Waals surface area (Å²) in [6.07, 6.45) is 1.35. The van der Waals surface area contributed by atoms with E-state index >= 15 is 0 Å². The first kappa shape index (κ1) is 18.4. The largest absolute Gasteiger partial charge is 0.302 e. The number of hydrogen-bond donors (Lipinski definition) is 1. The van der Waals surface area contributed by atoms with E-state index in [0.717, 1.165) is 22.7 Å². The van der Waals surface area contributed by atoms with Crippen LogP contribution in [0.15, 0.2) is 65.6 Å². The quantitative estimate of drug-likeness (QED) is 0.245. The molecular formula is C24H20N2OS2. The Labute approximate surface area is 178 Å². The van der Waals surface area contributed by atoms with Crippen LogP contribution in [-0.2, 0) is 4.79 Å². The third kappa shape index (κ3) is 3.56. The maximum atomic E-state index is 12.4. The van der Waals surface area contributed by atoms with Crippen LogP contribution in [0, 0.1) is 6.92 Å². The number of nitrogens with one attached hydrogen (secondary N) is 1. The van der Waals surface area contributed by atoms with Gasteiger partial charge in [0.1, 0.15) is 0 Å². The van der Waals surface area contributed by atoms with Crippen LogP contribution in [-0.4, -0.2) is 16.6 Å². The lowest BCUT2D eigenvalue weighted by Gasteiger charge is -2.04. The molecule has 1 aliphatic carbocycles. The van der Waals surface area contributed by atoms with Crippen LogP contribution in [0.1, 0.15) is 18.4 Å². The Kier molecular flexibility index (Phi) is 4.86. The van der Waals surface area contributed by atoms with Gasteiger partial charge in [0.25, 0.3) is 0 Å². The maximum absolute atomic E-state index is 12.4. The molecule has 3 aromatic carbocycles. The number of anilines is 1. The topological polar surface area (TPSA) is 42.0 Å². The van der Waals surface area contributed by atoms with Gasteiger partial charge in [-0.3, -0.25) is 4.79 Å². The number of hydrogen-bond acceptors (Lipinski definition) is 4. The number of rotatable bonds is 6. The van der Waals surface area contributed by atoms with Gasteiger partial charge >= 0.3 is 0 Å².